The first-order valence-corrected chi connectivity index (χ1v) is 5.89. The van der Waals surface area contributed by atoms with Gasteiger partial charge in [-0.2, -0.15) is 0 Å². The standard InChI is InChI=1S/C13H10N2O5/c16-11-3-4-19-10-2-1-7(5-8(10)14-11)12-15-9(6-20-12)13(17)18/h1-2,5-6H,3-4H2,(H,14,16)(H,17,18). The highest BCUT2D eigenvalue weighted by Crippen LogP contribution is 2.32. The zero-order valence-electron chi connectivity index (χ0n) is 10.3. The zero-order valence-corrected chi connectivity index (χ0v) is 10.3. The lowest BCUT2D eigenvalue weighted by molar-refractivity contribution is -0.116. The number of aromatic carboxylic acids is 1. The smallest absolute Gasteiger partial charge is 0.357 e. The summed E-state index contributed by atoms with van der Waals surface area (Å²) in [6.07, 6.45) is 1.35. The Bertz CT molecular complexity index is 692. The van der Waals surface area contributed by atoms with Crippen LogP contribution in [0.2, 0.25) is 0 Å². The van der Waals surface area contributed by atoms with E-state index in [1.54, 1.807) is 18.2 Å². The van der Waals surface area contributed by atoms with Crippen LogP contribution in [0.3, 0.4) is 0 Å². The topological polar surface area (TPSA) is 102 Å². The molecule has 7 nitrogen and oxygen atoms in total. The van der Waals surface area contributed by atoms with Crippen molar-refractivity contribution in [1.29, 1.82) is 0 Å². The van der Waals surface area contributed by atoms with Crippen LogP contribution in [0.4, 0.5) is 5.69 Å². The molecule has 1 aliphatic rings. The second kappa shape index (κ2) is 4.69. The largest absolute Gasteiger partial charge is 0.491 e. The van der Waals surface area contributed by atoms with Gasteiger partial charge in [0, 0.05) is 5.56 Å². The molecule has 0 unspecified atom stereocenters. The number of ether oxygens (including phenoxy) is 1. The van der Waals surface area contributed by atoms with E-state index in [0.717, 1.165) is 6.26 Å². The first-order valence-electron chi connectivity index (χ1n) is 5.89. The van der Waals surface area contributed by atoms with Crippen LogP contribution in [0.5, 0.6) is 5.75 Å². The summed E-state index contributed by atoms with van der Waals surface area (Å²) in [6, 6.07) is 5.00. The molecule has 20 heavy (non-hydrogen) atoms. The fourth-order valence-corrected chi connectivity index (χ4v) is 1.86. The molecule has 2 heterocycles. The minimum atomic E-state index is -1.16. The van der Waals surface area contributed by atoms with Crippen molar-refractivity contribution in [2.75, 3.05) is 11.9 Å². The predicted molar refractivity (Wildman–Crippen MR) is 67.6 cm³/mol. The van der Waals surface area contributed by atoms with Crippen molar-refractivity contribution in [3.63, 3.8) is 0 Å². The average molecular weight is 274 g/mol. The average Bonchev–Trinajstić information content (AvgIpc) is 2.83. The number of oxazole rings is 1. The molecule has 0 saturated carbocycles. The molecule has 0 aliphatic carbocycles. The molecule has 0 spiro atoms. The first-order chi connectivity index (χ1) is 9.63. The van der Waals surface area contributed by atoms with Crippen molar-refractivity contribution in [3.05, 3.63) is 30.2 Å². The number of nitrogens with one attached hydrogen (secondary N) is 1. The first kappa shape index (κ1) is 12.2. The van der Waals surface area contributed by atoms with Gasteiger partial charge in [-0.25, -0.2) is 9.78 Å². The van der Waals surface area contributed by atoms with Crippen LogP contribution in [0.15, 0.2) is 28.9 Å². The van der Waals surface area contributed by atoms with Gasteiger partial charge in [-0.05, 0) is 18.2 Å². The molecule has 0 fully saturated rings. The third-order valence-electron chi connectivity index (χ3n) is 2.81. The highest BCUT2D eigenvalue weighted by atomic mass is 16.5. The van der Waals surface area contributed by atoms with Gasteiger partial charge in [0.1, 0.15) is 12.0 Å². The number of amides is 1. The molecule has 2 aromatic rings. The number of carbonyl (C=O) groups is 2. The van der Waals surface area contributed by atoms with Gasteiger partial charge < -0.3 is 19.6 Å². The van der Waals surface area contributed by atoms with Crippen molar-refractivity contribution < 1.29 is 23.8 Å². The lowest BCUT2D eigenvalue weighted by atomic mass is 10.2. The highest BCUT2D eigenvalue weighted by Gasteiger charge is 2.17. The second-order valence-corrected chi connectivity index (χ2v) is 4.20. The lowest BCUT2D eigenvalue weighted by Gasteiger charge is -2.07. The zero-order chi connectivity index (χ0) is 14.1. The van der Waals surface area contributed by atoms with Gasteiger partial charge in [0.25, 0.3) is 0 Å². The number of carboxylic acid groups (broad SMARTS) is 1. The van der Waals surface area contributed by atoms with Gasteiger partial charge >= 0.3 is 5.97 Å². The van der Waals surface area contributed by atoms with Gasteiger partial charge in [-0.1, -0.05) is 0 Å². The van der Waals surface area contributed by atoms with Gasteiger partial charge in [0.2, 0.25) is 11.8 Å². The molecule has 1 aromatic carbocycles. The fraction of sp³-hybridized carbons (Fsp3) is 0.154. The van der Waals surface area contributed by atoms with Crippen LogP contribution >= 0.6 is 0 Å². The summed E-state index contributed by atoms with van der Waals surface area (Å²) in [6.45, 7) is 0.320. The Hall–Kier alpha value is -2.83. The van der Waals surface area contributed by atoms with E-state index in [1.165, 1.54) is 0 Å². The lowest BCUT2D eigenvalue weighted by Crippen LogP contribution is -2.10. The Morgan fingerprint density at radius 1 is 1.40 bits per heavy atom. The van der Waals surface area contributed by atoms with E-state index in [1.807, 2.05) is 0 Å². The molecule has 0 saturated heterocycles. The minimum absolute atomic E-state index is 0.139. The summed E-state index contributed by atoms with van der Waals surface area (Å²) in [5.41, 5.74) is 0.900. The number of carbonyl (C=O) groups excluding carboxylic acids is 1. The monoisotopic (exact) mass is 274 g/mol. The number of carboxylic acids is 1. The van der Waals surface area contributed by atoms with Gasteiger partial charge in [0.05, 0.1) is 18.7 Å². The molecule has 102 valence electrons. The summed E-state index contributed by atoms with van der Waals surface area (Å²) >= 11 is 0. The molecule has 2 N–H and O–H groups in total. The number of fused-ring (bicyclic) bond motifs is 1. The molecule has 1 aliphatic heterocycles. The number of hydrogen-bond donors (Lipinski definition) is 2. The Kier molecular flexibility index (Phi) is 2.86. The van der Waals surface area contributed by atoms with Crippen LogP contribution in [0, 0.1) is 0 Å². The molecular weight excluding hydrogens is 264 g/mol. The quantitative estimate of drug-likeness (QED) is 0.865. The fourth-order valence-electron chi connectivity index (χ4n) is 1.86. The number of nitrogens with zero attached hydrogens (tertiary/aromatic N) is 1. The number of rotatable bonds is 2. The van der Waals surface area contributed by atoms with E-state index in [0.29, 0.717) is 23.6 Å². The van der Waals surface area contributed by atoms with Crippen LogP contribution in [-0.2, 0) is 4.79 Å². The summed E-state index contributed by atoms with van der Waals surface area (Å²) in [5, 5.41) is 11.5. The second-order valence-electron chi connectivity index (χ2n) is 4.20. The molecule has 0 atom stereocenters. The van der Waals surface area contributed by atoms with Crippen molar-refractivity contribution in [3.8, 4) is 17.2 Å². The number of anilines is 1. The van der Waals surface area contributed by atoms with Crippen molar-refractivity contribution in [2.45, 2.75) is 6.42 Å². The summed E-state index contributed by atoms with van der Waals surface area (Å²) in [4.78, 5) is 26.1. The van der Waals surface area contributed by atoms with Crippen LogP contribution in [0.25, 0.3) is 11.5 Å². The number of benzene rings is 1. The van der Waals surface area contributed by atoms with Gasteiger partial charge in [-0.3, -0.25) is 4.79 Å². The summed E-state index contributed by atoms with van der Waals surface area (Å²) in [7, 11) is 0. The Balaban J connectivity index is 1.98. The summed E-state index contributed by atoms with van der Waals surface area (Å²) in [5.74, 6) is -0.570. The molecule has 7 heteroatoms. The minimum Gasteiger partial charge on any atom is -0.491 e. The highest BCUT2D eigenvalue weighted by molar-refractivity contribution is 5.94. The van der Waals surface area contributed by atoms with E-state index < -0.39 is 5.97 Å². The van der Waals surface area contributed by atoms with Gasteiger partial charge in [0.15, 0.2) is 5.69 Å². The molecule has 0 bridgehead atoms. The predicted octanol–water partition coefficient (Wildman–Crippen LogP) is 1.76. The van der Waals surface area contributed by atoms with Crippen molar-refractivity contribution in [2.24, 2.45) is 0 Å². The molecule has 3 rings (SSSR count). The van der Waals surface area contributed by atoms with E-state index in [9.17, 15) is 9.59 Å². The van der Waals surface area contributed by atoms with E-state index in [4.69, 9.17) is 14.3 Å². The SMILES string of the molecule is O=C1CCOc2ccc(-c3nc(C(=O)O)co3)cc2N1. The van der Waals surface area contributed by atoms with E-state index in [-0.39, 0.29) is 23.9 Å². The normalized spacial score (nSPS) is 13.9. The van der Waals surface area contributed by atoms with E-state index >= 15 is 0 Å². The Morgan fingerprint density at radius 2 is 2.25 bits per heavy atom. The maximum absolute atomic E-state index is 11.5. The maximum atomic E-state index is 11.5. The molecule has 1 aromatic heterocycles. The number of aromatic nitrogens is 1. The maximum Gasteiger partial charge on any atom is 0.357 e. The molecule has 1 amide bonds. The van der Waals surface area contributed by atoms with Crippen LogP contribution < -0.4 is 10.1 Å². The molecule has 0 radical (unpaired) electrons. The van der Waals surface area contributed by atoms with Crippen molar-refractivity contribution >= 4 is 17.6 Å². The van der Waals surface area contributed by atoms with Crippen molar-refractivity contribution in [1.82, 2.24) is 4.98 Å². The molecular formula is C13H10N2O5. The van der Waals surface area contributed by atoms with Crippen LogP contribution in [0.1, 0.15) is 16.9 Å². The van der Waals surface area contributed by atoms with Gasteiger partial charge in [-0.15, -0.1) is 0 Å². The Morgan fingerprint density at radius 3 is 3.00 bits per heavy atom. The van der Waals surface area contributed by atoms with E-state index in [2.05, 4.69) is 10.3 Å². The Labute approximate surface area is 113 Å². The number of hydrogen-bond acceptors (Lipinski definition) is 5. The summed E-state index contributed by atoms with van der Waals surface area (Å²) < 4.78 is 10.5. The van der Waals surface area contributed by atoms with Crippen LogP contribution in [-0.4, -0.2) is 28.6 Å². The third kappa shape index (κ3) is 2.20. The third-order valence-corrected chi connectivity index (χ3v) is 2.81.